The number of benzene rings is 1. The van der Waals surface area contributed by atoms with Crippen molar-refractivity contribution in [3.05, 3.63) is 29.7 Å². The van der Waals surface area contributed by atoms with Crippen LogP contribution < -0.4 is 5.32 Å². The number of aromatic nitrogens is 1. The van der Waals surface area contributed by atoms with Crippen LogP contribution >= 0.6 is 0 Å². The number of ether oxygens (including phenoxy) is 1. The molecule has 3 fully saturated rings. The first-order valence-electron chi connectivity index (χ1n) is 11.8. The largest absolute Gasteiger partial charge is 0.381 e. The fourth-order valence-electron chi connectivity index (χ4n) is 5.38. The topological polar surface area (TPSA) is 92.3 Å². The van der Waals surface area contributed by atoms with Crippen LogP contribution in [0.5, 0.6) is 0 Å². The van der Waals surface area contributed by atoms with Crippen LogP contribution in [-0.4, -0.2) is 75.5 Å². The Labute approximate surface area is 194 Å². The van der Waals surface area contributed by atoms with Gasteiger partial charge >= 0.3 is 0 Å². The lowest BCUT2D eigenvalue weighted by Crippen LogP contribution is -2.52. The normalized spacial score (nSPS) is 29.2. The van der Waals surface area contributed by atoms with Gasteiger partial charge in [0, 0.05) is 72.0 Å². The molecule has 0 bridgehead atoms. The van der Waals surface area contributed by atoms with Crippen molar-refractivity contribution in [2.75, 3.05) is 32.1 Å². The summed E-state index contributed by atoms with van der Waals surface area (Å²) < 4.78 is 37.0. The molecule has 0 saturated carbocycles. The molecule has 3 atom stereocenters. The Morgan fingerprint density at radius 3 is 2.79 bits per heavy atom. The zero-order chi connectivity index (χ0) is 22.4. The summed E-state index contributed by atoms with van der Waals surface area (Å²) in [6, 6.07) is 4.94. The van der Waals surface area contributed by atoms with Gasteiger partial charge in [-0.15, -0.1) is 0 Å². The highest BCUT2D eigenvalue weighted by molar-refractivity contribution is 7.87. The number of rotatable bonds is 3. The molecular formula is C23H28FN5O3S. The summed E-state index contributed by atoms with van der Waals surface area (Å²) in [5.41, 5.74) is 2.43. The summed E-state index contributed by atoms with van der Waals surface area (Å²) in [5.74, 6) is 1.37. The molecule has 1 aromatic carbocycles. The van der Waals surface area contributed by atoms with E-state index < -0.39 is 10.8 Å². The number of fused-ring (bicyclic) bond motifs is 2. The van der Waals surface area contributed by atoms with E-state index in [4.69, 9.17) is 19.2 Å². The van der Waals surface area contributed by atoms with Gasteiger partial charge in [0.1, 0.15) is 17.2 Å². The number of hydrogen-bond acceptors (Lipinski definition) is 8. The van der Waals surface area contributed by atoms with E-state index in [9.17, 15) is 8.60 Å². The molecule has 0 spiro atoms. The first-order chi connectivity index (χ1) is 16.2. The van der Waals surface area contributed by atoms with Crippen LogP contribution in [0.1, 0.15) is 43.7 Å². The van der Waals surface area contributed by atoms with Crippen molar-refractivity contribution in [3.8, 4) is 0 Å². The van der Waals surface area contributed by atoms with E-state index in [1.807, 2.05) is 0 Å². The van der Waals surface area contributed by atoms with E-state index >= 15 is 0 Å². The third-order valence-electron chi connectivity index (χ3n) is 7.21. The van der Waals surface area contributed by atoms with E-state index in [0.717, 1.165) is 81.2 Å². The van der Waals surface area contributed by atoms with Gasteiger partial charge in [-0.25, -0.2) is 14.4 Å². The van der Waals surface area contributed by atoms with E-state index in [0.29, 0.717) is 17.4 Å². The Morgan fingerprint density at radius 1 is 1.15 bits per heavy atom. The summed E-state index contributed by atoms with van der Waals surface area (Å²) in [6.45, 7) is 3.14. The molecule has 6 rings (SSSR count). The number of nitrogens with zero attached hydrogens (tertiary/aromatic N) is 4. The van der Waals surface area contributed by atoms with Crippen molar-refractivity contribution in [1.29, 1.82) is 0 Å². The molecule has 0 radical (unpaired) electrons. The second-order valence-electron chi connectivity index (χ2n) is 9.26. The Kier molecular flexibility index (Phi) is 5.75. The van der Waals surface area contributed by atoms with Crippen molar-refractivity contribution in [3.63, 3.8) is 0 Å². The molecule has 33 heavy (non-hydrogen) atoms. The van der Waals surface area contributed by atoms with Gasteiger partial charge in [0.15, 0.2) is 5.58 Å². The number of piperidine rings is 1. The third-order valence-corrected chi connectivity index (χ3v) is 8.91. The molecule has 0 aliphatic carbocycles. The lowest BCUT2D eigenvalue weighted by Gasteiger charge is -2.36. The Morgan fingerprint density at radius 2 is 1.97 bits per heavy atom. The van der Waals surface area contributed by atoms with E-state index in [1.165, 1.54) is 12.1 Å². The minimum absolute atomic E-state index is 0.115. The highest BCUT2D eigenvalue weighted by Crippen LogP contribution is 2.34. The maximum Gasteiger partial charge on any atom is 0.222 e. The van der Waals surface area contributed by atoms with Gasteiger partial charge in [0.2, 0.25) is 5.96 Å². The average molecular weight is 474 g/mol. The summed E-state index contributed by atoms with van der Waals surface area (Å²) >= 11 is 0. The van der Waals surface area contributed by atoms with Gasteiger partial charge in [-0.05, 0) is 44.2 Å². The zero-order valence-electron chi connectivity index (χ0n) is 18.4. The first kappa shape index (κ1) is 21.4. The number of hydrogen-bond donors (Lipinski definition) is 1. The summed E-state index contributed by atoms with van der Waals surface area (Å²) in [7, 11) is -0.930. The van der Waals surface area contributed by atoms with Gasteiger partial charge in [-0.1, -0.05) is 5.16 Å². The minimum atomic E-state index is -0.930. The van der Waals surface area contributed by atoms with Crippen molar-refractivity contribution in [2.24, 2.45) is 9.98 Å². The van der Waals surface area contributed by atoms with Gasteiger partial charge in [0.25, 0.3) is 0 Å². The van der Waals surface area contributed by atoms with Crippen molar-refractivity contribution in [1.82, 2.24) is 15.4 Å². The van der Waals surface area contributed by atoms with Crippen molar-refractivity contribution in [2.45, 2.75) is 55.5 Å². The molecule has 1 N–H and O–H groups in total. The third kappa shape index (κ3) is 4.13. The predicted molar refractivity (Wildman–Crippen MR) is 125 cm³/mol. The van der Waals surface area contributed by atoms with Crippen molar-refractivity contribution >= 4 is 33.4 Å². The Hall–Kier alpha value is -2.17. The molecule has 5 heterocycles. The molecule has 4 aliphatic rings. The SMILES string of the molecule is O=S1CCC2=NC(N3CCC(c4noc5cc(F)ccc45)CC3)=NC(NC3CCOCC3)C21. The molecule has 8 nitrogen and oxygen atoms in total. The molecule has 1 aromatic heterocycles. The highest BCUT2D eigenvalue weighted by atomic mass is 32.2. The van der Waals surface area contributed by atoms with Crippen LogP contribution in [0.2, 0.25) is 0 Å². The van der Waals surface area contributed by atoms with E-state index in [2.05, 4.69) is 15.4 Å². The van der Waals surface area contributed by atoms with Crippen LogP contribution in [0, 0.1) is 5.82 Å². The molecule has 2 aromatic rings. The quantitative estimate of drug-likeness (QED) is 0.737. The molecule has 0 amide bonds. The standard InChI is InChI=1S/C23H28FN5O3S/c24-15-1-2-17-19(13-15)32-28-20(17)14-3-8-29(9-4-14)23-26-18-7-12-33(30)21(18)22(27-23)25-16-5-10-31-11-6-16/h1-2,13-14,16,21-22,25H,3-12H2. The maximum absolute atomic E-state index is 13.5. The van der Waals surface area contributed by atoms with Crippen LogP contribution in [0.15, 0.2) is 32.7 Å². The van der Waals surface area contributed by atoms with Crippen LogP contribution in [0.25, 0.3) is 11.0 Å². The number of halogens is 1. The maximum atomic E-state index is 13.5. The molecule has 10 heteroatoms. The minimum Gasteiger partial charge on any atom is -0.381 e. The average Bonchev–Trinajstić information content (AvgIpc) is 3.43. The monoisotopic (exact) mass is 473 g/mol. The molecule has 3 unspecified atom stereocenters. The number of nitrogens with one attached hydrogen (secondary N) is 1. The van der Waals surface area contributed by atoms with Crippen LogP contribution in [-0.2, 0) is 15.5 Å². The molecule has 4 aliphatic heterocycles. The summed E-state index contributed by atoms with van der Waals surface area (Å²) in [5, 5.41) is 8.69. The fourth-order valence-corrected chi connectivity index (χ4v) is 6.95. The highest BCUT2D eigenvalue weighted by Gasteiger charge is 2.41. The van der Waals surface area contributed by atoms with Crippen LogP contribution in [0.3, 0.4) is 0 Å². The number of guanidine groups is 1. The van der Waals surface area contributed by atoms with Gasteiger partial charge in [-0.3, -0.25) is 9.53 Å². The lowest BCUT2D eigenvalue weighted by molar-refractivity contribution is 0.0754. The summed E-state index contributed by atoms with van der Waals surface area (Å²) in [4.78, 5) is 12.1. The lowest BCUT2D eigenvalue weighted by atomic mass is 9.91. The van der Waals surface area contributed by atoms with Crippen LogP contribution in [0.4, 0.5) is 4.39 Å². The second-order valence-corrected chi connectivity index (χ2v) is 10.9. The summed E-state index contributed by atoms with van der Waals surface area (Å²) in [6.07, 6.45) is 4.29. The van der Waals surface area contributed by atoms with Gasteiger partial charge < -0.3 is 14.2 Å². The second kappa shape index (κ2) is 8.88. The van der Waals surface area contributed by atoms with Gasteiger partial charge in [-0.2, -0.15) is 0 Å². The van der Waals surface area contributed by atoms with E-state index in [1.54, 1.807) is 6.07 Å². The fraction of sp³-hybridized carbons (Fsp3) is 0.609. The number of aliphatic imine (C=N–C) groups is 2. The Balaban J connectivity index is 1.18. The van der Waals surface area contributed by atoms with Gasteiger partial charge in [0.05, 0.1) is 5.69 Å². The van der Waals surface area contributed by atoms with Crippen molar-refractivity contribution < 1.29 is 17.9 Å². The molecular weight excluding hydrogens is 445 g/mol. The zero-order valence-corrected chi connectivity index (χ0v) is 19.2. The molecule has 176 valence electrons. The number of likely N-dealkylation sites (tertiary alicyclic amines) is 1. The Bertz CT molecular complexity index is 1120. The van der Waals surface area contributed by atoms with E-state index in [-0.39, 0.29) is 23.2 Å². The first-order valence-corrected chi connectivity index (χ1v) is 13.2. The predicted octanol–water partition coefficient (Wildman–Crippen LogP) is 2.57. The smallest absolute Gasteiger partial charge is 0.222 e. The molecule has 3 saturated heterocycles.